The number of nitrogens with one attached hydrogen (secondary N) is 1. The van der Waals surface area contributed by atoms with Crippen LogP contribution >= 0.6 is 0 Å². The minimum atomic E-state index is -3.43. The molecule has 0 fully saturated rings. The smallest absolute Gasteiger partial charge is 0.334 e. The number of carbonyl (C=O) groups is 2. The fourth-order valence-corrected chi connectivity index (χ4v) is 2.66. The number of rotatable bonds is 10. The highest BCUT2D eigenvalue weighted by Gasteiger charge is 2.20. The Morgan fingerprint density at radius 1 is 1.32 bits per heavy atom. The van der Waals surface area contributed by atoms with Crippen molar-refractivity contribution in [3.63, 3.8) is 0 Å². The van der Waals surface area contributed by atoms with Crippen LogP contribution in [0.5, 0.6) is 0 Å². The highest BCUT2D eigenvalue weighted by atomic mass is 32.2. The van der Waals surface area contributed by atoms with Crippen LogP contribution in [0.3, 0.4) is 0 Å². The van der Waals surface area contributed by atoms with Crippen molar-refractivity contribution >= 4 is 21.7 Å². The highest BCUT2D eigenvalue weighted by Crippen LogP contribution is 2.00. The lowest BCUT2D eigenvalue weighted by molar-refractivity contribution is -0.148. The van der Waals surface area contributed by atoms with Crippen LogP contribution in [0.1, 0.15) is 26.2 Å². The van der Waals surface area contributed by atoms with Gasteiger partial charge in [-0.25, -0.2) is 13.2 Å². The Balaban J connectivity index is 4.12. The lowest BCUT2D eigenvalue weighted by Crippen LogP contribution is -2.40. The Morgan fingerprint density at radius 3 is 2.42 bits per heavy atom. The third kappa shape index (κ3) is 8.55. The SMILES string of the molecule is CCCCCS(=O)(=O)CC(=O)NCC(OC)C(=O)O. The predicted molar refractivity (Wildman–Crippen MR) is 69.6 cm³/mol. The van der Waals surface area contributed by atoms with Crippen molar-refractivity contribution in [2.75, 3.05) is 25.2 Å². The largest absolute Gasteiger partial charge is 0.479 e. The second-order valence-electron chi connectivity index (χ2n) is 4.17. The number of aliphatic carboxylic acids is 1. The molecule has 0 spiro atoms. The summed E-state index contributed by atoms with van der Waals surface area (Å²) in [7, 11) is -2.23. The predicted octanol–water partition coefficient (Wildman–Crippen LogP) is -0.193. The summed E-state index contributed by atoms with van der Waals surface area (Å²) in [6.45, 7) is 1.70. The first-order chi connectivity index (χ1) is 8.82. The van der Waals surface area contributed by atoms with E-state index in [0.717, 1.165) is 12.8 Å². The molecule has 1 unspecified atom stereocenters. The Hall–Kier alpha value is -1.15. The van der Waals surface area contributed by atoms with Gasteiger partial charge in [-0.05, 0) is 6.42 Å². The number of methoxy groups -OCH3 is 1. The van der Waals surface area contributed by atoms with E-state index in [1.54, 1.807) is 0 Å². The van der Waals surface area contributed by atoms with Crippen LogP contribution in [0, 0.1) is 0 Å². The van der Waals surface area contributed by atoms with Gasteiger partial charge in [-0.15, -0.1) is 0 Å². The zero-order valence-electron chi connectivity index (χ0n) is 11.2. The fraction of sp³-hybridized carbons (Fsp3) is 0.818. The average Bonchev–Trinajstić information content (AvgIpc) is 2.28. The standard InChI is InChI=1S/C11H21NO6S/c1-3-4-5-6-19(16,17)8-10(13)12-7-9(18-2)11(14)15/h9H,3-8H2,1-2H3,(H,12,13)(H,14,15). The third-order valence-corrected chi connectivity index (χ3v) is 4.07. The Labute approximate surface area is 113 Å². The molecule has 0 bridgehead atoms. The normalized spacial score (nSPS) is 12.9. The van der Waals surface area contributed by atoms with Crippen LogP contribution in [-0.2, 0) is 24.2 Å². The molecule has 8 heteroatoms. The lowest BCUT2D eigenvalue weighted by Gasteiger charge is -2.11. The van der Waals surface area contributed by atoms with Crippen molar-refractivity contribution in [2.45, 2.75) is 32.3 Å². The lowest BCUT2D eigenvalue weighted by atomic mass is 10.3. The molecule has 0 rings (SSSR count). The van der Waals surface area contributed by atoms with Gasteiger partial charge in [-0.2, -0.15) is 0 Å². The summed E-state index contributed by atoms with van der Waals surface area (Å²) in [5.74, 6) is -2.57. The summed E-state index contributed by atoms with van der Waals surface area (Å²) in [5.41, 5.74) is 0. The molecule has 19 heavy (non-hydrogen) atoms. The minimum absolute atomic E-state index is 0.0269. The van der Waals surface area contributed by atoms with Gasteiger partial charge in [0.25, 0.3) is 0 Å². The molecule has 1 atom stereocenters. The van der Waals surface area contributed by atoms with Gasteiger partial charge in [0.05, 0.1) is 12.3 Å². The molecule has 0 heterocycles. The second-order valence-corrected chi connectivity index (χ2v) is 6.35. The number of sulfone groups is 1. The van der Waals surface area contributed by atoms with Crippen LogP contribution in [0.4, 0.5) is 0 Å². The summed E-state index contributed by atoms with van der Waals surface area (Å²) in [5, 5.41) is 10.9. The summed E-state index contributed by atoms with van der Waals surface area (Å²) in [6.07, 6.45) is 1.05. The Kier molecular flexibility index (Phi) is 8.33. The molecule has 0 aliphatic carbocycles. The van der Waals surface area contributed by atoms with Crippen molar-refractivity contribution in [3.8, 4) is 0 Å². The molecule has 7 nitrogen and oxygen atoms in total. The summed E-state index contributed by atoms with van der Waals surface area (Å²) >= 11 is 0. The maximum Gasteiger partial charge on any atom is 0.334 e. The van der Waals surface area contributed by atoms with E-state index in [2.05, 4.69) is 10.1 Å². The van der Waals surface area contributed by atoms with E-state index < -0.39 is 33.6 Å². The fourth-order valence-electron chi connectivity index (χ4n) is 1.37. The molecule has 0 aromatic heterocycles. The van der Waals surface area contributed by atoms with Gasteiger partial charge in [0.1, 0.15) is 5.75 Å². The topological polar surface area (TPSA) is 110 Å². The van der Waals surface area contributed by atoms with Crippen LogP contribution < -0.4 is 5.32 Å². The summed E-state index contributed by atoms with van der Waals surface area (Å²) in [4.78, 5) is 22.0. The van der Waals surface area contributed by atoms with E-state index in [9.17, 15) is 18.0 Å². The molecular formula is C11H21NO6S. The highest BCUT2D eigenvalue weighted by molar-refractivity contribution is 7.92. The van der Waals surface area contributed by atoms with E-state index in [0.29, 0.717) is 6.42 Å². The van der Waals surface area contributed by atoms with E-state index in [-0.39, 0.29) is 12.3 Å². The number of carbonyl (C=O) groups excluding carboxylic acids is 1. The van der Waals surface area contributed by atoms with Gasteiger partial charge in [0, 0.05) is 7.11 Å². The van der Waals surface area contributed by atoms with Crippen LogP contribution in [0.15, 0.2) is 0 Å². The molecule has 2 N–H and O–H groups in total. The molecule has 0 saturated heterocycles. The maximum atomic E-state index is 11.6. The molecule has 112 valence electrons. The number of ether oxygens (including phenoxy) is 1. The number of carboxylic acid groups (broad SMARTS) is 1. The van der Waals surface area contributed by atoms with E-state index in [1.165, 1.54) is 7.11 Å². The minimum Gasteiger partial charge on any atom is -0.479 e. The zero-order chi connectivity index (χ0) is 14.9. The first-order valence-corrected chi connectivity index (χ1v) is 7.87. The molecule has 0 aliphatic rings. The van der Waals surface area contributed by atoms with Crippen LogP contribution in [0.25, 0.3) is 0 Å². The maximum absolute atomic E-state index is 11.6. The quantitative estimate of drug-likeness (QED) is 0.540. The molecule has 0 aliphatic heterocycles. The number of unbranched alkanes of at least 4 members (excludes halogenated alkanes) is 2. The molecular weight excluding hydrogens is 274 g/mol. The first kappa shape index (κ1) is 17.8. The number of amides is 1. The molecule has 1 amide bonds. The van der Waals surface area contributed by atoms with Gasteiger partial charge >= 0.3 is 5.97 Å². The van der Waals surface area contributed by atoms with Gasteiger partial charge in [-0.1, -0.05) is 19.8 Å². The third-order valence-electron chi connectivity index (χ3n) is 2.45. The monoisotopic (exact) mass is 295 g/mol. The van der Waals surface area contributed by atoms with Crippen molar-refractivity contribution in [3.05, 3.63) is 0 Å². The number of hydrogen-bond donors (Lipinski definition) is 2. The molecule has 0 aromatic rings. The molecule has 0 radical (unpaired) electrons. The van der Waals surface area contributed by atoms with Crippen LogP contribution in [-0.4, -0.2) is 56.7 Å². The molecule has 0 saturated carbocycles. The van der Waals surface area contributed by atoms with Gasteiger partial charge < -0.3 is 15.2 Å². The van der Waals surface area contributed by atoms with E-state index in [4.69, 9.17) is 5.11 Å². The first-order valence-electron chi connectivity index (χ1n) is 6.05. The number of carboxylic acids is 1. The summed E-state index contributed by atoms with van der Waals surface area (Å²) in [6, 6.07) is 0. The van der Waals surface area contributed by atoms with Crippen molar-refractivity contribution in [1.82, 2.24) is 5.32 Å². The van der Waals surface area contributed by atoms with Gasteiger partial charge in [0.2, 0.25) is 5.91 Å². The van der Waals surface area contributed by atoms with Crippen molar-refractivity contribution in [2.24, 2.45) is 0 Å². The number of hydrogen-bond acceptors (Lipinski definition) is 5. The summed E-state index contributed by atoms with van der Waals surface area (Å²) < 4.78 is 27.7. The molecule has 0 aromatic carbocycles. The zero-order valence-corrected chi connectivity index (χ0v) is 12.0. The van der Waals surface area contributed by atoms with Gasteiger partial charge in [0.15, 0.2) is 15.9 Å². The second kappa shape index (κ2) is 8.87. The van der Waals surface area contributed by atoms with E-state index in [1.807, 2.05) is 6.92 Å². The van der Waals surface area contributed by atoms with Crippen molar-refractivity contribution in [1.29, 1.82) is 0 Å². The van der Waals surface area contributed by atoms with E-state index >= 15 is 0 Å². The Morgan fingerprint density at radius 2 is 1.95 bits per heavy atom. The van der Waals surface area contributed by atoms with Gasteiger partial charge in [-0.3, -0.25) is 4.79 Å². The van der Waals surface area contributed by atoms with Crippen molar-refractivity contribution < 1.29 is 27.9 Å². The Bertz CT molecular complexity index is 392. The average molecular weight is 295 g/mol. The van der Waals surface area contributed by atoms with Crippen LogP contribution in [0.2, 0.25) is 0 Å².